The Kier molecular flexibility index (Phi) is 11.5. The molecule has 0 spiro atoms. The number of halogens is 1. The van der Waals surface area contributed by atoms with Gasteiger partial charge >= 0.3 is 11.9 Å². The molecule has 2 rings (SSSR count). The predicted molar refractivity (Wildman–Crippen MR) is 115 cm³/mol. The summed E-state index contributed by atoms with van der Waals surface area (Å²) in [4.78, 5) is 23.0. The fraction of sp³-hybridized carbons (Fsp3) is 0.333. The molecule has 5 nitrogen and oxygen atoms in total. The van der Waals surface area contributed by atoms with Crippen LogP contribution in [-0.4, -0.2) is 35.9 Å². The molecule has 0 aliphatic carbocycles. The zero-order chi connectivity index (χ0) is 22.4. The summed E-state index contributed by atoms with van der Waals surface area (Å²) in [6.45, 7) is 2.65. The molecule has 0 radical (unpaired) electrons. The second kappa shape index (κ2) is 13.9. The third kappa shape index (κ3) is 8.46. The van der Waals surface area contributed by atoms with Gasteiger partial charge in [-0.1, -0.05) is 68.2 Å². The average Bonchev–Trinajstić information content (AvgIpc) is 2.77. The van der Waals surface area contributed by atoms with Crippen LogP contribution in [0.5, 0.6) is 0 Å². The molecule has 160 valence electrons. The van der Waals surface area contributed by atoms with Crippen molar-refractivity contribution in [3.8, 4) is 12.3 Å². The number of rotatable bonds is 9. The normalized spacial score (nSPS) is 11.9. The average molecular weight is 413 g/mol. The number of benzene rings is 2. The maximum atomic E-state index is 13.9. The quantitative estimate of drug-likeness (QED) is 0.474. The number of carboxylic acids is 1. The van der Waals surface area contributed by atoms with E-state index in [0.29, 0.717) is 6.42 Å². The topological polar surface area (TPSA) is 89.6 Å². The minimum Gasteiger partial charge on any atom is -0.478 e. The van der Waals surface area contributed by atoms with Gasteiger partial charge in [-0.2, -0.15) is 0 Å². The second-order valence-electron chi connectivity index (χ2n) is 6.53. The molecule has 2 aromatic carbocycles. The molecule has 30 heavy (non-hydrogen) atoms. The van der Waals surface area contributed by atoms with Crippen molar-refractivity contribution >= 4 is 11.9 Å². The van der Waals surface area contributed by atoms with Crippen LogP contribution in [0.25, 0.3) is 0 Å². The molecule has 3 N–H and O–H groups in total. The minimum atomic E-state index is -1.46. The summed E-state index contributed by atoms with van der Waals surface area (Å²) in [6, 6.07) is 15.8. The molecule has 0 unspecified atom stereocenters. The van der Waals surface area contributed by atoms with Gasteiger partial charge in [-0.3, -0.25) is 0 Å². The number of carboxylic acid groups (broad SMARTS) is 1. The number of nitrogens with two attached hydrogens (primary N) is 1. The highest BCUT2D eigenvalue weighted by molar-refractivity contribution is 6.02. The van der Waals surface area contributed by atoms with Crippen molar-refractivity contribution in [2.75, 3.05) is 6.54 Å². The molecule has 0 aromatic heterocycles. The van der Waals surface area contributed by atoms with E-state index in [2.05, 4.69) is 18.1 Å². The van der Waals surface area contributed by atoms with Crippen LogP contribution in [0, 0.1) is 12.3 Å². The van der Waals surface area contributed by atoms with Gasteiger partial charge in [0, 0.05) is 0 Å². The van der Waals surface area contributed by atoms with E-state index >= 15 is 0 Å². The van der Waals surface area contributed by atoms with Crippen LogP contribution >= 0.6 is 0 Å². The van der Waals surface area contributed by atoms with Crippen LogP contribution in [-0.2, 0) is 11.2 Å². The Morgan fingerprint density at radius 1 is 1.13 bits per heavy atom. The lowest BCUT2D eigenvalue weighted by atomic mass is 10.1. The summed E-state index contributed by atoms with van der Waals surface area (Å²) >= 11 is 0. The zero-order valence-electron chi connectivity index (χ0n) is 17.1. The van der Waals surface area contributed by atoms with Gasteiger partial charge in [-0.05, 0) is 37.1 Å². The van der Waals surface area contributed by atoms with Crippen LogP contribution in [0.2, 0.25) is 0 Å². The van der Waals surface area contributed by atoms with Crippen molar-refractivity contribution in [3.63, 3.8) is 0 Å². The third-order valence-electron chi connectivity index (χ3n) is 4.21. The zero-order valence-corrected chi connectivity index (χ0v) is 17.1. The summed E-state index contributed by atoms with van der Waals surface area (Å²) in [6.07, 6.45) is 5.02. The number of hydrogen-bond donors (Lipinski definition) is 2. The van der Waals surface area contributed by atoms with Gasteiger partial charge in [0.15, 0.2) is 6.10 Å². The van der Waals surface area contributed by atoms with E-state index in [0.717, 1.165) is 19.4 Å². The van der Waals surface area contributed by atoms with Gasteiger partial charge in [0.05, 0.1) is 11.1 Å². The molecule has 0 fully saturated rings. The molecule has 6 heteroatoms. The van der Waals surface area contributed by atoms with Crippen molar-refractivity contribution in [1.82, 2.24) is 0 Å². The molecule has 0 aliphatic rings. The largest absolute Gasteiger partial charge is 0.478 e. The van der Waals surface area contributed by atoms with E-state index in [1.54, 1.807) is 0 Å². The number of ether oxygens (including phenoxy) is 1. The monoisotopic (exact) mass is 413 g/mol. The Bertz CT molecular complexity index is 833. The molecular formula is C24H28FNO4. The number of esters is 1. The molecule has 0 saturated carbocycles. The Labute approximate surface area is 177 Å². The number of carbonyl (C=O) groups is 2. The molecule has 0 bridgehead atoms. The summed E-state index contributed by atoms with van der Waals surface area (Å²) < 4.78 is 18.8. The Hall–Kier alpha value is -3.17. The summed E-state index contributed by atoms with van der Waals surface area (Å²) in [7, 11) is 0. The highest BCUT2D eigenvalue weighted by Gasteiger charge is 2.25. The molecule has 0 aliphatic heterocycles. The summed E-state index contributed by atoms with van der Waals surface area (Å²) in [5.74, 6) is -0.102. The number of hydrogen-bond acceptors (Lipinski definition) is 4. The Morgan fingerprint density at radius 3 is 2.27 bits per heavy atom. The van der Waals surface area contributed by atoms with Crippen molar-refractivity contribution in [3.05, 3.63) is 71.3 Å². The van der Waals surface area contributed by atoms with E-state index < -0.39 is 24.2 Å². The van der Waals surface area contributed by atoms with Crippen molar-refractivity contribution in [2.24, 2.45) is 5.73 Å². The first kappa shape index (κ1) is 24.9. The van der Waals surface area contributed by atoms with Crippen LogP contribution < -0.4 is 5.73 Å². The minimum absolute atomic E-state index is 0.145. The first-order chi connectivity index (χ1) is 14.4. The first-order valence-electron chi connectivity index (χ1n) is 9.82. The van der Waals surface area contributed by atoms with Crippen molar-refractivity contribution in [2.45, 2.75) is 44.9 Å². The van der Waals surface area contributed by atoms with E-state index in [9.17, 15) is 14.0 Å². The SMILES string of the molecule is C#C[C@H](OC(=O)c1ccccc1C(=O)O)[C@@H](F)CCCC.NCCc1ccccc1. The lowest BCUT2D eigenvalue weighted by Crippen LogP contribution is -2.27. The van der Waals surface area contributed by atoms with Crippen LogP contribution in [0.15, 0.2) is 54.6 Å². The number of carbonyl (C=O) groups excluding carboxylic acids is 1. The number of terminal acetylenes is 1. The Balaban J connectivity index is 0.000000414. The molecule has 0 heterocycles. The van der Waals surface area contributed by atoms with Crippen LogP contribution in [0.3, 0.4) is 0 Å². The fourth-order valence-corrected chi connectivity index (χ4v) is 2.60. The smallest absolute Gasteiger partial charge is 0.340 e. The van der Waals surface area contributed by atoms with Gasteiger partial charge in [-0.15, -0.1) is 6.42 Å². The summed E-state index contributed by atoms with van der Waals surface area (Å²) in [5, 5.41) is 9.01. The third-order valence-corrected chi connectivity index (χ3v) is 4.21. The van der Waals surface area contributed by atoms with Gasteiger partial charge in [0.25, 0.3) is 0 Å². The van der Waals surface area contributed by atoms with E-state index in [1.165, 1.54) is 29.8 Å². The number of aromatic carboxylic acids is 1. The van der Waals surface area contributed by atoms with Crippen molar-refractivity contribution < 1.29 is 23.8 Å². The van der Waals surface area contributed by atoms with E-state index in [4.69, 9.17) is 22.0 Å². The maximum Gasteiger partial charge on any atom is 0.340 e. The first-order valence-corrected chi connectivity index (χ1v) is 9.82. The van der Waals surface area contributed by atoms with Crippen LogP contribution in [0.1, 0.15) is 52.5 Å². The van der Waals surface area contributed by atoms with Gasteiger partial charge < -0.3 is 15.6 Å². The molecule has 0 saturated heterocycles. The fourth-order valence-electron chi connectivity index (χ4n) is 2.60. The lowest BCUT2D eigenvalue weighted by Gasteiger charge is -2.17. The van der Waals surface area contributed by atoms with Gasteiger partial charge in [0.1, 0.15) is 6.17 Å². The van der Waals surface area contributed by atoms with E-state index in [1.807, 2.05) is 25.1 Å². The standard InChI is InChI=1S/C16H17FO4.C8H11N/c1-3-5-10-13(17)14(4-2)21-16(20)12-9-7-6-8-11(12)15(18)19;9-7-6-8-4-2-1-3-5-8/h2,6-9,13-14H,3,5,10H2,1H3,(H,18,19);1-5H,6-7,9H2/t13-,14-;/m0./s1. The van der Waals surface area contributed by atoms with E-state index in [-0.39, 0.29) is 17.5 Å². The highest BCUT2D eigenvalue weighted by atomic mass is 19.1. The molecular weight excluding hydrogens is 385 g/mol. The number of alkyl halides is 1. The lowest BCUT2D eigenvalue weighted by molar-refractivity contribution is 0.0218. The predicted octanol–water partition coefficient (Wildman–Crippen LogP) is 4.26. The second-order valence-corrected chi connectivity index (χ2v) is 6.53. The van der Waals surface area contributed by atoms with Gasteiger partial charge in [0.2, 0.25) is 0 Å². The van der Waals surface area contributed by atoms with Gasteiger partial charge in [-0.25, -0.2) is 14.0 Å². The van der Waals surface area contributed by atoms with Crippen molar-refractivity contribution in [1.29, 1.82) is 0 Å². The highest BCUT2D eigenvalue weighted by Crippen LogP contribution is 2.16. The number of unbranched alkanes of at least 4 members (excludes halogenated alkanes) is 1. The molecule has 2 aromatic rings. The molecule has 0 amide bonds. The Morgan fingerprint density at radius 2 is 1.73 bits per heavy atom. The maximum absolute atomic E-state index is 13.9. The van der Waals surface area contributed by atoms with Crippen LogP contribution in [0.4, 0.5) is 4.39 Å². The molecule has 2 atom stereocenters. The summed E-state index contributed by atoms with van der Waals surface area (Å²) in [5.41, 5.74) is 6.33.